The topological polar surface area (TPSA) is 212 Å². The molecule has 5 aliphatic rings. The van der Waals surface area contributed by atoms with E-state index in [1.807, 2.05) is 0 Å². The number of rotatable bonds is 8. The van der Waals surface area contributed by atoms with Crippen LogP contribution >= 0.6 is 26.7 Å². The van der Waals surface area contributed by atoms with Crippen LogP contribution in [0.5, 0.6) is 0 Å². The molecule has 4 bridgehead atoms. The summed E-state index contributed by atoms with van der Waals surface area (Å²) < 4.78 is 30.4. The van der Waals surface area contributed by atoms with Crippen molar-refractivity contribution in [2.75, 3.05) is 17.8 Å². The first-order valence-corrected chi connectivity index (χ1v) is 16.6. The number of halogens is 1. The third-order valence-electron chi connectivity index (χ3n) is 8.34. The molecule has 5 fully saturated rings. The number of hydrogen-bond acceptors (Lipinski definition) is 9. The van der Waals surface area contributed by atoms with Crippen molar-refractivity contribution in [2.24, 2.45) is 17.8 Å². The molecule has 3 unspecified atom stereocenters. The van der Waals surface area contributed by atoms with Crippen LogP contribution in [0.1, 0.15) is 44.8 Å². The Morgan fingerprint density at radius 3 is 2.29 bits per heavy atom. The number of hydrogen-bond donors (Lipinski definition) is 7. The maximum Gasteiger partial charge on any atom is 0.336 e. The van der Waals surface area contributed by atoms with Crippen molar-refractivity contribution in [1.29, 1.82) is 0 Å². The lowest BCUT2D eigenvalue weighted by atomic mass is 9.53. The molecule has 7 rings (SSSR count). The zero-order chi connectivity index (χ0) is 27.0. The van der Waals surface area contributed by atoms with E-state index in [2.05, 4.69) is 25.4 Å². The van der Waals surface area contributed by atoms with Gasteiger partial charge in [0.2, 0.25) is 5.28 Å². The van der Waals surface area contributed by atoms with E-state index < -0.39 is 52.1 Å². The van der Waals surface area contributed by atoms with Crippen molar-refractivity contribution in [3.05, 3.63) is 11.6 Å². The van der Waals surface area contributed by atoms with Gasteiger partial charge in [-0.25, -0.2) is 10.1 Å². The Kier molecular flexibility index (Phi) is 6.71. The minimum Gasteiger partial charge on any atom is -0.387 e. The van der Waals surface area contributed by atoms with Crippen LogP contribution in [0.25, 0.3) is 11.2 Å². The minimum atomic E-state index is -4.76. The van der Waals surface area contributed by atoms with Gasteiger partial charge in [-0.1, -0.05) is 0 Å². The number of fused-ring (bicyclic) bond motifs is 1. The first-order valence-electron chi connectivity index (χ1n) is 12.6. The molecule has 0 spiro atoms. The number of aliphatic hydroxyl groups is 2. The number of ether oxygens (including phenoxy) is 1. The first-order chi connectivity index (χ1) is 17.8. The molecular weight excluding hydrogens is 562 g/mol. The van der Waals surface area contributed by atoms with E-state index in [1.54, 1.807) is 0 Å². The van der Waals surface area contributed by atoms with Gasteiger partial charge in [-0.2, -0.15) is 9.97 Å². The highest BCUT2D eigenvalue weighted by Crippen LogP contribution is 2.57. The Labute approximate surface area is 222 Å². The number of nitrogens with one attached hydrogen (secondary N) is 2. The first kappa shape index (κ1) is 27.0. The van der Waals surface area contributed by atoms with Gasteiger partial charge in [-0.15, -0.1) is 0 Å². The molecular formula is C21H31ClN6O8P2. The van der Waals surface area contributed by atoms with Gasteiger partial charge in [0.05, 0.1) is 6.33 Å². The summed E-state index contributed by atoms with van der Waals surface area (Å²) in [6, 6.07) is 0. The average molecular weight is 593 g/mol. The van der Waals surface area contributed by atoms with Gasteiger partial charge in [0, 0.05) is 12.1 Å². The summed E-state index contributed by atoms with van der Waals surface area (Å²) in [7, 11) is -9.18. The van der Waals surface area contributed by atoms with Crippen molar-refractivity contribution in [3.63, 3.8) is 0 Å². The molecule has 210 valence electrons. The molecule has 0 radical (unpaired) electrons. The van der Waals surface area contributed by atoms with Crippen molar-refractivity contribution >= 4 is 43.7 Å². The van der Waals surface area contributed by atoms with Crippen molar-refractivity contribution in [2.45, 2.75) is 68.6 Å². The van der Waals surface area contributed by atoms with Crippen LogP contribution in [-0.4, -0.2) is 80.7 Å². The maximum atomic E-state index is 12.1. The fraction of sp³-hybridized carbons (Fsp3) is 0.762. The minimum absolute atomic E-state index is 0.0172. The van der Waals surface area contributed by atoms with E-state index >= 15 is 0 Å². The summed E-state index contributed by atoms with van der Waals surface area (Å²) in [6.07, 6.45) is 3.25. The van der Waals surface area contributed by atoms with Crippen LogP contribution in [-0.2, 0) is 13.9 Å². The summed E-state index contributed by atoms with van der Waals surface area (Å²) in [4.78, 5) is 41.0. The maximum absolute atomic E-state index is 12.1. The molecule has 1 saturated heterocycles. The number of aromatic nitrogens is 4. The molecule has 14 nitrogen and oxygen atoms in total. The van der Waals surface area contributed by atoms with Gasteiger partial charge in [0.25, 0.3) is 7.52 Å². The van der Waals surface area contributed by atoms with Gasteiger partial charge in [-0.05, 0) is 67.9 Å². The standard InChI is InChI=1S/C21H31ClN6O8P2/c22-20-25-17(27-21-4-10-1-11(5-21)3-12(2-10)6-21)14-18(26-20)28(8-23-14)19-16(30)15(29)13(36-19)7-24-37(31,32)9-38(33,34)35/h8,10-13,15-16,19,29-30H,1-7,9H2,(H2,24,31,32)(H,25,26,27)(H2,33,34,35)/t10?,11?,12?,13-,15?,16?,19-,21?/m1/s1. The Hall–Kier alpha value is -1.18. The van der Waals surface area contributed by atoms with Crippen LogP contribution in [0, 0.1) is 17.8 Å². The smallest absolute Gasteiger partial charge is 0.336 e. The molecule has 2 aromatic rings. The third kappa shape index (κ3) is 5.16. The Morgan fingerprint density at radius 1 is 1.05 bits per heavy atom. The lowest BCUT2D eigenvalue weighted by molar-refractivity contribution is -0.0331. The fourth-order valence-electron chi connectivity index (χ4n) is 7.34. The molecule has 4 aliphatic carbocycles. The van der Waals surface area contributed by atoms with Gasteiger partial charge in [0.1, 0.15) is 24.2 Å². The molecule has 0 aromatic carbocycles. The third-order valence-corrected chi connectivity index (χ3v) is 12.2. The van der Waals surface area contributed by atoms with Crippen molar-refractivity contribution in [3.8, 4) is 0 Å². The molecule has 1 aliphatic heterocycles. The fourth-order valence-corrected chi connectivity index (χ4v) is 10.4. The largest absolute Gasteiger partial charge is 0.387 e. The second-order valence-corrected chi connectivity index (χ2v) is 15.9. The summed E-state index contributed by atoms with van der Waals surface area (Å²) in [5.74, 6) is 1.37. The lowest BCUT2D eigenvalue weighted by Gasteiger charge is -2.57. The lowest BCUT2D eigenvalue weighted by Crippen LogP contribution is -2.54. The summed E-state index contributed by atoms with van der Waals surface area (Å²) in [5.41, 5.74) is 0.667. The van der Waals surface area contributed by atoms with E-state index in [1.165, 1.54) is 30.2 Å². The van der Waals surface area contributed by atoms with Crippen LogP contribution in [0.4, 0.5) is 5.82 Å². The summed E-state index contributed by atoms with van der Waals surface area (Å²) in [5, 5.41) is 27.0. The second kappa shape index (κ2) is 9.44. The highest BCUT2D eigenvalue weighted by atomic mass is 35.5. The van der Waals surface area contributed by atoms with E-state index in [4.69, 9.17) is 26.1 Å². The SMILES string of the molecule is O=P(O)(O)CP(=O)(O)NC[C@H]1O[C@@H](n2cnc3c(NC45CC6CC(CC(C6)C4)C5)nc(Cl)nc32)C(O)C1O. The highest BCUT2D eigenvalue weighted by Gasteiger charge is 2.51. The number of nitrogens with zero attached hydrogens (tertiary/aromatic N) is 4. The zero-order valence-electron chi connectivity index (χ0n) is 20.3. The number of imidazole rings is 1. The number of aliphatic hydroxyl groups excluding tert-OH is 2. The molecule has 17 heteroatoms. The Bertz CT molecular complexity index is 1300. The molecule has 7 N–H and O–H groups in total. The molecule has 4 saturated carbocycles. The molecule has 38 heavy (non-hydrogen) atoms. The van der Waals surface area contributed by atoms with E-state index in [0.29, 0.717) is 29.1 Å². The van der Waals surface area contributed by atoms with Gasteiger partial charge in [-0.3, -0.25) is 13.7 Å². The van der Waals surface area contributed by atoms with Gasteiger partial charge >= 0.3 is 7.60 Å². The van der Waals surface area contributed by atoms with Crippen LogP contribution in [0.2, 0.25) is 5.28 Å². The van der Waals surface area contributed by atoms with E-state index in [9.17, 15) is 24.2 Å². The Balaban J connectivity index is 1.23. The summed E-state index contributed by atoms with van der Waals surface area (Å²) >= 11 is 6.30. The zero-order valence-corrected chi connectivity index (χ0v) is 22.8. The Morgan fingerprint density at radius 2 is 1.68 bits per heavy atom. The summed E-state index contributed by atoms with van der Waals surface area (Å²) in [6.45, 7) is -0.441. The highest BCUT2D eigenvalue weighted by molar-refractivity contribution is 7.71. The predicted octanol–water partition coefficient (Wildman–Crippen LogP) is 1.39. The van der Waals surface area contributed by atoms with Crippen LogP contribution in [0.15, 0.2) is 6.33 Å². The number of anilines is 1. The van der Waals surface area contributed by atoms with E-state index in [0.717, 1.165) is 19.3 Å². The molecule has 3 heterocycles. The quantitative estimate of drug-likeness (QED) is 0.171. The second-order valence-electron chi connectivity index (χ2n) is 11.4. The monoisotopic (exact) mass is 592 g/mol. The van der Waals surface area contributed by atoms with Crippen LogP contribution in [0.3, 0.4) is 0 Å². The average Bonchev–Trinajstić information content (AvgIpc) is 3.30. The van der Waals surface area contributed by atoms with Gasteiger partial charge < -0.3 is 34.9 Å². The van der Waals surface area contributed by atoms with Gasteiger partial charge in [0.15, 0.2) is 23.2 Å². The molecule has 2 aromatic heterocycles. The van der Waals surface area contributed by atoms with Crippen molar-refractivity contribution in [1.82, 2.24) is 24.6 Å². The van der Waals surface area contributed by atoms with E-state index in [-0.39, 0.29) is 16.5 Å². The molecule has 5 atom stereocenters. The molecule has 0 amide bonds. The van der Waals surface area contributed by atoms with Crippen LogP contribution < -0.4 is 10.4 Å². The van der Waals surface area contributed by atoms with Crippen molar-refractivity contribution < 1.29 is 38.8 Å². The normalized spacial score (nSPS) is 38.1. The predicted molar refractivity (Wildman–Crippen MR) is 136 cm³/mol.